The molecule has 0 heterocycles. The fraction of sp³-hybridized carbons (Fsp3) is 0.263. The van der Waals surface area contributed by atoms with Crippen molar-refractivity contribution in [2.75, 3.05) is 0 Å². The summed E-state index contributed by atoms with van der Waals surface area (Å²) < 4.78 is 0. The van der Waals surface area contributed by atoms with Gasteiger partial charge in [0.1, 0.15) is 6.29 Å². The number of nitrogens with zero attached hydrogens (tertiary/aromatic N) is 2. The van der Waals surface area contributed by atoms with Crippen LogP contribution in [0, 0.1) is 0 Å². The van der Waals surface area contributed by atoms with Crippen LogP contribution in [0.2, 0.25) is 0 Å². The van der Waals surface area contributed by atoms with E-state index >= 15 is 0 Å². The van der Waals surface area contributed by atoms with Crippen LogP contribution in [0.1, 0.15) is 30.4 Å². The van der Waals surface area contributed by atoms with Crippen LogP contribution in [0.25, 0.3) is 0 Å². The van der Waals surface area contributed by atoms with E-state index in [0.29, 0.717) is 6.42 Å². The van der Waals surface area contributed by atoms with Gasteiger partial charge < -0.3 is 4.79 Å². The van der Waals surface area contributed by atoms with Crippen LogP contribution in [0.3, 0.4) is 0 Å². The van der Waals surface area contributed by atoms with Gasteiger partial charge in [-0.2, -0.15) is 5.10 Å². The highest BCUT2D eigenvalue weighted by Crippen LogP contribution is 2.10. The molecule has 0 saturated carbocycles. The Morgan fingerprint density at radius 2 is 1.36 bits per heavy atom. The summed E-state index contributed by atoms with van der Waals surface area (Å²) >= 11 is 0. The van der Waals surface area contributed by atoms with Crippen molar-refractivity contribution in [1.82, 2.24) is 5.01 Å². The van der Waals surface area contributed by atoms with Crippen LogP contribution in [-0.2, 0) is 17.9 Å². The first-order valence-corrected chi connectivity index (χ1v) is 7.67. The van der Waals surface area contributed by atoms with E-state index in [-0.39, 0.29) is 0 Å². The first-order chi connectivity index (χ1) is 10.9. The number of carbonyl (C=O) groups is 1. The van der Waals surface area contributed by atoms with Crippen LogP contribution in [0.15, 0.2) is 65.8 Å². The molecule has 0 unspecified atom stereocenters. The second kappa shape index (κ2) is 9.50. The summed E-state index contributed by atoms with van der Waals surface area (Å²) in [7, 11) is 0. The smallest absolute Gasteiger partial charge is 0.120 e. The maximum Gasteiger partial charge on any atom is 0.120 e. The lowest BCUT2D eigenvalue weighted by Crippen LogP contribution is -2.16. The van der Waals surface area contributed by atoms with Crippen molar-refractivity contribution < 1.29 is 4.79 Å². The summed E-state index contributed by atoms with van der Waals surface area (Å²) in [6.45, 7) is 1.56. The predicted molar refractivity (Wildman–Crippen MR) is 90.5 cm³/mol. The molecule has 0 saturated heterocycles. The van der Waals surface area contributed by atoms with Gasteiger partial charge in [0.15, 0.2) is 0 Å². The molecule has 0 aliphatic rings. The Bertz CT molecular complexity index is 525. The zero-order valence-electron chi connectivity index (χ0n) is 12.8. The molecular weight excluding hydrogens is 272 g/mol. The summed E-state index contributed by atoms with van der Waals surface area (Å²) in [5, 5.41) is 6.64. The molecule has 0 aliphatic heterocycles. The van der Waals surface area contributed by atoms with Gasteiger partial charge in [0.2, 0.25) is 0 Å². The molecule has 2 aromatic rings. The van der Waals surface area contributed by atoms with E-state index in [1.54, 1.807) is 0 Å². The Morgan fingerprint density at radius 3 is 1.86 bits per heavy atom. The van der Waals surface area contributed by atoms with Crippen LogP contribution >= 0.6 is 0 Å². The normalized spacial score (nSPS) is 10.7. The molecule has 3 nitrogen and oxygen atoms in total. The molecule has 0 aliphatic carbocycles. The Kier molecular flexibility index (Phi) is 6.89. The number of benzene rings is 2. The highest BCUT2D eigenvalue weighted by atomic mass is 16.1. The van der Waals surface area contributed by atoms with E-state index in [4.69, 9.17) is 0 Å². The highest BCUT2D eigenvalue weighted by Gasteiger charge is 2.03. The first kappa shape index (κ1) is 16.0. The van der Waals surface area contributed by atoms with Gasteiger partial charge in [0, 0.05) is 12.6 Å². The van der Waals surface area contributed by atoms with Gasteiger partial charge in [0.05, 0.1) is 13.1 Å². The van der Waals surface area contributed by atoms with Crippen molar-refractivity contribution in [3.05, 3.63) is 71.8 Å². The summed E-state index contributed by atoms with van der Waals surface area (Å²) in [6, 6.07) is 20.7. The molecule has 0 amide bonds. The quantitative estimate of drug-likeness (QED) is 0.302. The zero-order valence-corrected chi connectivity index (χ0v) is 12.8. The highest BCUT2D eigenvalue weighted by molar-refractivity contribution is 5.58. The van der Waals surface area contributed by atoms with E-state index < -0.39 is 0 Å². The third-order valence-electron chi connectivity index (χ3n) is 3.32. The van der Waals surface area contributed by atoms with Gasteiger partial charge >= 0.3 is 0 Å². The molecule has 0 aromatic heterocycles. The van der Waals surface area contributed by atoms with E-state index in [0.717, 1.165) is 32.2 Å². The van der Waals surface area contributed by atoms with Gasteiger partial charge in [-0.1, -0.05) is 60.7 Å². The Hall–Kier alpha value is -2.42. The zero-order chi connectivity index (χ0) is 15.5. The second-order valence-corrected chi connectivity index (χ2v) is 5.19. The fourth-order valence-electron chi connectivity index (χ4n) is 2.19. The summed E-state index contributed by atoms with van der Waals surface area (Å²) in [6.07, 6.45) is 5.16. The number of aldehydes is 1. The maximum absolute atomic E-state index is 10.3. The number of hydrazone groups is 1. The van der Waals surface area contributed by atoms with Gasteiger partial charge in [-0.3, -0.25) is 5.01 Å². The van der Waals surface area contributed by atoms with Crippen LogP contribution in [0.4, 0.5) is 0 Å². The molecule has 3 heteroatoms. The largest absolute Gasteiger partial charge is 0.303 e. The average molecular weight is 294 g/mol. The van der Waals surface area contributed by atoms with E-state index in [1.807, 2.05) is 42.6 Å². The molecule has 0 N–H and O–H groups in total. The van der Waals surface area contributed by atoms with Crippen LogP contribution in [-0.4, -0.2) is 17.5 Å². The van der Waals surface area contributed by atoms with Gasteiger partial charge in [-0.15, -0.1) is 0 Å². The third-order valence-corrected chi connectivity index (χ3v) is 3.32. The minimum absolute atomic E-state index is 0.601. The summed E-state index contributed by atoms with van der Waals surface area (Å²) in [5.74, 6) is 0. The standard InChI is InChI=1S/C19H22N2O/c22-15-9-3-8-14-20-21(16-18-10-4-1-5-11-18)17-19-12-6-2-7-13-19/h1-2,4-7,10-15H,3,8-9,16-17H2. The lowest BCUT2D eigenvalue weighted by atomic mass is 10.2. The van der Waals surface area contributed by atoms with Crippen molar-refractivity contribution in [3.63, 3.8) is 0 Å². The SMILES string of the molecule is O=CCCCC=NN(Cc1ccccc1)Cc1ccccc1. The van der Waals surface area contributed by atoms with Crippen molar-refractivity contribution >= 4 is 12.5 Å². The van der Waals surface area contributed by atoms with Crippen molar-refractivity contribution in [1.29, 1.82) is 0 Å². The molecule has 2 rings (SSSR count). The Balaban J connectivity index is 1.98. The van der Waals surface area contributed by atoms with Crippen LogP contribution < -0.4 is 0 Å². The molecule has 0 radical (unpaired) electrons. The topological polar surface area (TPSA) is 32.7 Å². The molecule has 0 atom stereocenters. The summed E-state index contributed by atoms with van der Waals surface area (Å²) in [5.41, 5.74) is 2.48. The summed E-state index contributed by atoms with van der Waals surface area (Å²) in [4.78, 5) is 10.3. The van der Waals surface area contributed by atoms with E-state index in [2.05, 4.69) is 34.4 Å². The fourth-order valence-corrected chi connectivity index (χ4v) is 2.19. The number of hydrogen-bond donors (Lipinski definition) is 0. The minimum Gasteiger partial charge on any atom is -0.303 e. The predicted octanol–water partition coefficient (Wildman–Crippen LogP) is 4.04. The Labute approximate surface area is 132 Å². The number of carbonyl (C=O) groups excluding carboxylic acids is 1. The van der Waals surface area contributed by atoms with Crippen molar-refractivity contribution in [2.24, 2.45) is 5.10 Å². The monoisotopic (exact) mass is 294 g/mol. The number of rotatable bonds is 9. The minimum atomic E-state index is 0.601. The third kappa shape index (κ3) is 5.92. The van der Waals surface area contributed by atoms with Gasteiger partial charge in [-0.05, 0) is 24.0 Å². The molecule has 2 aromatic carbocycles. The second-order valence-electron chi connectivity index (χ2n) is 5.19. The molecule has 22 heavy (non-hydrogen) atoms. The van der Waals surface area contributed by atoms with Crippen molar-refractivity contribution in [3.8, 4) is 0 Å². The van der Waals surface area contributed by atoms with Gasteiger partial charge in [0.25, 0.3) is 0 Å². The van der Waals surface area contributed by atoms with Gasteiger partial charge in [-0.25, -0.2) is 0 Å². The molecule has 0 fully saturated rings. The van der Waals surface area contributed by atoms with E-state index in [9.17, 15) is 4.79 Å². The molecular formula is C19H22N2O. The number of hydrogen-bond acceptors (Lipinski definition) is 3. The first-order valence-electron chi connectivity index (χ1n) is 7.67. The van der Waals surface area contributed by atoms with E-state index in [1.165, 1.54) is 11.1 Å². The van der Waals surface area contributed by atoms with Crippen LogP contribution in [0.5, 0.6) is 0 Å². The average Bonchev–Trinajstić information content (AvgIpc) is 2.56. The van der Waals surface area contributed by atoms with Crippen molar-refractivity contribution in [2.45, 2.75) is 32.4 Å². The Morgan fingerprint density at radius 1 is 0.818 bits per heavy atom. The lowest BCUT2D eigenvalue weighted by Gasteiger charge is -2.19. The molecule has 114 valence electrons. The molecule has 0 bridgehead atoms. The lowest BCUT2D eigenvalue weighted by molar-refractivity contribution is -0.107. The number of unbranched alkanes of at least 4 members (excludes halogenated alkanes) is 2. The molecule has 0 spiro atoms. The maximum atomic E-state index is 10.3.